The molecular formula is C6H10F2O2. The molecule has 10 heavy (non-hydrogen) atoms. The third-order valence-corrected chi connectivity index (χ3v) is 1.35. The van der Waals surface area contributed by atoms with E-state index in [1.165, 1.54) is 6.92 Å². The van der Waals surface area contributed by atoms with E-state index >= 15 is 0 Å². The summed E-state index contributed by atoms with van der Waals surface area (Å²) in [7, 11) is 0. The lowest BCUT2D eigenvalue weighted by atomic mass is 10.0. The summed E-state index contributed by atoms with van der Waals surface area (Å²) in [6.45, 7) is 1.94. The van der Waals surface area contributed by atoms with Crippen LogP contribution in [0.25, 0.3) is 0 Å². The summed E-state index contributed by atoms with van der Waals surface area (Å²) in [4.78, 5) is 9.92. The minimum absolute atomic E-state index is 0.483. The molecule has 0 radical (unpaired) electrons. The van der Waals surface area contributed by atoms with Gasteiger partial charge in [-0.05, 0) is 6.92 Å². The van der Waals surface area contributed by atoms with Crippen molar-refractivity contribution in [3.8, 4) is 0 Å². The summed E-state index contributed by atoms with van der Waals surface area (Å²) >= 11 is 0. The number of alkyl halides is 2. The van der Waals surface area contributed by atoms with Crippen LogP contribution in [0.1, 0.15) is 20.3 Å². The Hall–Kier alpha value is -0.670. The van der Waals surface area contributed by atoms with E-state index in [-0.39, 0.29) is 0 Å². The molecule has 0 spiro atoms. The molecule has 0 bridgehead atoms. The highest BCUT2D eigenvalue weighted by Gasteiger charge is 2.31. The van der Waals surface area contributed by atoms with Crippen molar-refractivity contribution < 1.29 is 18.7 Å². The number of halogens is 2. The molecular weight excluding hydrogens is 142 g/mol. The van der Waals surface area contributed by atoms with Crippen molar-refractivity contribution in [3.63, 3.8) is 0 Å². The fourth-order valence-corrected chi connectivity index (χ4v) is 0.441. The quantitative estimate of drug-likeness (QED) is 0.668. The molecule has 0 amide bonds. The molecule has 4 heteroatoms. The van der Waals surface area contributed by atoms with Crippen LogP contribution in [0, 0.1) is 5.92 Å². The van der Waals surface area contributed by atoms with E-state index in [2.05, 4.69) is 0 Å². The van der Waals surface area contributed by atoms with Crippen LogP contribution in [0.2, 0.25) is 0 Å². The summed E-state index contributed by atoms with van der Waals surface area (Å²) in [5.41, 5.74) is 0. The Morgan fingerprint density at radius 1 is 1.70 bits per heavy atom. The van der Waals surface area contributed by atoms with Gasteiger partial charge >= 0.3 is 5.97 Å². The van der Waals surface area contributed by atoms with Gasteiger partial charge in [-0.3, -0.25) is 4.79 Å². The number of carboxylic acid groups (broad SMARTS) is 1. The molecule has 0 fully saturated rings. The SMILES string of the molecule is CC(CC(=O)O)C(C)(F)F. The van der Waals surface area contributed by atoms with Crippen molar-refractivity contribution in [2.45, 2.75) is 26.2 Å². The Bertz CT molecular complexity index is 128. The summed E-state index contributed by atoms with van der Waals surface area (Å²) < 4.78 is 24.4. The number of carboxylic acids is 1. The molecule has 0 rings (SSSR count). The lowest BCUT2D eigenvalue weighted by Crippen LogP contribution is -2.23. The van der Waals surface area contributed by atoms with Gasteiger partial charge < -0.3 is 5.11 Å². The fraction of sp³-hybridized carbons (Fsp3) is 0.833. The summed E-state index contributed by atoms with van der Waals surface area (Å²) in [6.07, 6.45) is -0.483. The molecule has 1 atom stereocenters. The van der Waals surface area contributed by atoms with Gasteiger partial charge in [0.25, 0.3) is 0 Å². The Morgan fingerprint density at radius 2 is 2.10 bits per heavy atom. The molecule has 0 saturated heterocycles. The lowest BCUT2D eigenvalue weighted by molar-refractivity contribution is -0.141. The first-order chi connectivity index (χ1) is 4.34. The predicted octanol–water partition coefficient (Wildman–Crippen LogP) is 1.75. The van der Waals surface area contributed by atoms with Crippen molar-refractivity contribution in [1.82, 2.24) is 0 Å². The smallest absolute Gasteiger partial charge is 0.303 e. The van der Waals surface area contributed by atoms with Crippen LogP contribution in [0.5, 0.6) is 0 Å². The average Bonchev–Trinajstić information content (AvgIpc) is 1.60. The second-order valence-corrected chi connectivity index (χ2v) is 2.46. The minimum atomic E-state index is -2.89. The van der Waals surface area contributed by atoms with Crippen LogP contribution in [0.15, 0.2) is 0 Å². The van der Waals surface area contributed by atoms with Gasteiger partial charge in [-0.25, -0.2) is 8.78 Å². The number of carbonyl (C=O) groups is 1. The maximum absolute atomic E-state index is 12.2. The van der Waals surface area contributed by atoms with Crippen LogP contribution in [0.4, 0.5) is 8.78 Å². The Balaban J connectivity index is 3.85. The molecule has 60 valence electrons. The number of aliphatic carboxylic acids is 1. The molecule has 0 aromatic rings. The van der Waals surface area contributed by atoms with E-state index in [0.29, 0.717) is 0 Å². The van der Waals surface area contributed by atoms with Crippen molar-refractivity contribution in [1.29, 1.82) is 0 Å². The number of hydrogen-bond acceptors (Lipinski definition) is 1. The molecule has 1 N–H and O–H groups in total. The number of hydrogen-bond donors (Lipinski definition) is 1. The third-order valence-electron chi connectivity index (χ3n) is 1.35. The highest BCUT2D eigenvalue weighted by atomic mass is 19.3. The van der Waals surface area contributed by atoms with E-state index in [1.54, 1.807) is 0 Å². The van der Waals surface area contributed by atoms with Crippen molar-refractivity contribution in [2.24, 2.45) is 5.92 Å². The van der Waals surface area contributed by atoms with Crippen LogP contribution < -0.4 is 0 Å². The highest BCUT2D eigenvalue weighted by Crippen LogP contribution is 2.25. The molecule has 2 nitrogen and oxygen atoms in total. The van der Waals surface area contributed by atoms with Crippen LogP contribution >= 0.6 is 0 Å². The first-order valence-corrected chi connectivity index (χ1v) is 2.93. The number of rotatable bonds is 3. The molecule has 0 aliphatic heterocycles. The molecule has 0 heterocycles. The van der Waals surface area contributed by atoms with Gasteiger partial charge in [0.2, 0.25) is 5.92 Å². The third kappa shape index (κ3) is 3.37. The molecule has 1 unspecified atom stereocenters. The maximum atomic E-state index is 12.2. The van der Waals surface area contributed by atoms with E-state index in [0.717, 1.165) is 6.92 Å². The summed E-state index contributed by atoms with van der Waals surface area (Å²) in [5.74, 6) is -5.17. The van der Waals surface area contributed by atoms with Crippen molar-refractivity contribution >= 4 is 5.97 Å². The fourth-order valence-electron chi connectivity index (χ4n) is 0.441. The molecule has 0 aromatic heterocycles. The van der Waals surface area contributed by atoms with Gasteiger partial charge in [-0.1, -0.05) is 6.92 Å². The molecule has 0 aliphatic carbocycles. The normalized spacial score (nSPS) is 14.8. The molecule has 0 aliphatic rings. The molecule has 0 aromatic carbocycles. The van der Waals surface area contributed by atoms with Gasteiger partial charge in [0.05, 0.1) is 6.42 Å². The van der Waals surface area contributed by atoms with E-state index < -0.39 is 24.2 Å². The zero-order chi connectivity index (χ0) is 8.36. The summed E-state index contributed by atoms with van der Waals surface area (Å²) in [6, 6.07) is 0. The molecule has 0 saturated carbocycles. The van der Waals surface area contributed by atoms with Crippen LogP contribution in [-0.2, 0) is 4.79 Å². The van der Waals surface area contributed by atoms with Gasteiger partial charge in [0, 0.05) is 5.92 Å². The lowest BCUT2D eigenvalue weighted by Gasteiger charge is -2.16. The largest absolute Gasteiger partial charge is 0.481 e. The van der Waals surface area contributed by atoms with Gasteiger partial charge in [0.15, 0.2) is 0 Å². The van der Waals surface area contributed by atoms with E-state index in [4.69, 9.17) is 5.11 Å². The standard InChI is InChI=1S/C6H10F2O2/c1-4(3-5(9)10)6(2,7)8/h4H,3H2,1-2H3,(H,9,10). The Labute approximate surface area is 57.9 Å². The zero-order valence-corrected chi connectivity index (χ0v) is 5.90. The maximum Gasteiger partial charge on any atom is 0.303 e. The van der Waals surface area contributed by atoms with Gasteiger partial charge in [0.1, 0.15) is 0 Å². The minimum Gasteiger partial charge on any atom is -0.481 e. The Morgan fingerprint density at radius 3 is 2.20 bits per heavy atom. The van der Waals surface area contributed by atoms with Crippen LogP contribution in [0.3, 0.4) is 0 Å². The average molecular weight is 152 g/mol. The second-order valence-electron chi connectivity index (χ2n) is 2.46. The summed E-state index contributed by atoms with van der Waals surface area (Å²) in [5, 5.41) is 8.11. The topological polar surface area (TPSA) is 37.3 Å². The van der Waals surface area contributed by atoms with Gasteiger partial charge in [-0.15, -0.1) is 0 Å². The first kappa shape index (κ1) is 9.33. The van der Waals surface area contributed by atoms with Gasteiger partial charge in [-0.2, -0.15) is 0 Å². The van der Waals surface area contributed by atoms with Crippen LogP contribution in [-0.4, -0.2) is 17.0 Å². The monoisotopic (exact) mass is 152 g/mol. The highest BCUT2D eigenvalue weighted by molar-refractivity contribution is 5.67. The van der Waals surface area contributed by atoms with Crippen molar-refractivity contribution in [3.05, 3.63) is 0 Å². The van der Waals surface area contributed by atoms with Crippen molar-refractivity contribution in [2.75, 3.05) is 0 Å². The first-order valence-electron chi connectivity index (χ1n) is 2.93. The van der Waals surface area contributed by atoms with E-state index in [9.17, 15) is 13.6 Å². The second kappa shape index (κ2) is 2.94. The predicted molar refractivity (Wildman–Crippen MR) is 32.0 cm³/mol. The Kier molecular flexibility index (Phi) is 2.75. The van der Waals surface area contributed by atoms with E-state index in [1.807, 2.05) is 0 Å². The zero-order valence-electron chi connectivity index (χ0n) is 5.90.